The second kappa shape index (κ2) is 7.68. The third kappa shape index (κ3) is 4.54. The third-order valence-electron chi connectivity index (χ3n) is 4.80. The van der Waals surface area contributed by atoms with Crippen molar-refractivity contribution in [1.82, 2.24) is 4.90 Å². The molecule has 1 amide bonds. The van der Waals surface area contributed by atoms with Crippen LogP contribution < -0.4 is 4.90 Å². The van der Waals surface area contributed by atoms with Gasteiger partial charge in [0.15, 0.2) is 19.7 Å². The number of amides is 1. The van der Waals surface area contributed by atoms with Crippen molar-refractivity contribution in [1.29, 1.82) is 0 Å². The number of hydrogen-bond donors (Lipinski definition) is 1. The minimum Gasteiger partial charge on any atom is -0.507 e. The highest BCUT2D eigenvalue weighted by atomic mass is 32.2. The Morgan fingerprint density at radius 2 is 1.52 bits per heavy atom. The molecule has 0 aromatic heterocycles. The molecule has 1 aliphatic heterocycles. The summed E-state index contributed by atoms with van der Waals surface area (Å²) in [5.41, 5.74) is 0.629. The highest BCUT2D eigenvalue weighted by Gasteiger charge is 2.27. The number of rotatable bonds is 4. The molecule has 0 spiro atoms. The molecule has 0 saturated carbocycles. The normalized spacial score (nSPS) is 15.4. The lowest BCUT2D eigenvalue weighted by atomic mass is 10.1. The van der Waals surface area contributed by atoms with Gasteiger partial charge >= 0.3 is 0 Å². The van der Waals surface area contributed by atoms with Gasteiger partial charge < -0.3 is 14.9 Å². The molecular weight excluding hydrogens is 416 g/mol. The van der Waals surface area contributed by atoms with Crippen LogP contribution in [0.5, 0.6) is 5.75 Å². The molecule has 3 rings (SSSR count). The van der Waals surface area contributed by atoms with Gasteiger partial charge in [0, 0.05) is 38.7 Å². The summed E-state index contributed by atoms with van der Waals surface area (Å²) < 4.78 is 48.1. The molecule has 1 N–H and O–H groups in total. The van der Waals surface area contributed by atoms with Crippen LogP contribution in [-0.4, -0.2) is 71.4 Å². The van der Waals surface area contributed by atoms with Gasteiger partial charge in [0.05, 0.1) is 21.0 Å². The maximum atomic E-state index is 12.6. The van der Waals surface area contributed by atoms with Gasteiger partial charge in [0.1, 0.15) is 5.75 Å². The predicted molar refractivity (Wildman–Crippen MR) is 109 cm³/mol. The summed E-state index contributed by atoms with van der Waals surface area (Å²) in [4.78, 5) is 15.9. The zero-order valence-electron chi connectivity index (χ0n) is 16.1. The number of aromatic hydroxyl groups is 1. The smallest absolute Gasteiger partial charge is 0.257 e. The van der Waals surface area contributed by atoms with Gasteiger partial charge in [0.2, 0.25) is 0 Å². The van der Waals surface area contributed by atoms with Crippen molar-refractivity contribution in [3.63, 3.8) is 0 Å². The number of phenolic OH excluding ortho intramolecular Hbond substituents is 1. The quantitative estimate of drug-likeness (QED) is 0.762. The fraction of sp³-hybridized carbons (Fsp3) is 0.316. The van der Waals surface area contributed by atoms with E-state index in [1.165, 1.54) is 24.3 Å². The maximum Gasteiger partial charge on any atom is 0.257 e. The molecule has 0 unspecified atom stereocenters. The molecule has 1 heterocycles. The molecule has 1 saturated heterocycles. The van der Waals surface area contributed by atoms with Crippen molar-refractivity contribution in [3.8, 4) is 5.75 Å². The van der Waals surface area contributed by atoms with Crippen LogP contribution in [0.4, 0.5) is 5.69 Å². The lowest BCUT2D eigenvalue weighted by Crippen LogP contribution is -2.49. The SMILES string of the molecule is CS(=O)(=O)c1ccc(N2CCN(C(=O)c3ccccc3O)CC2)c(S(C)(=O)=O)c1. The van der Waals surface area contributed by atoms with E-state index in [1.54, 1.807) is 23.1 Å². The number of sulfone groups is 2. The second-order valence-electron chi connectivity index (χ2n) is 6.97. The van der Waals surface area contributed by atoms with Crippen molar-refractivity contribution >= 4 is 31.3 Å². The van der Waals surface area contributed by atoms with Crippen molar-refractivity contribution in [2.45, 2.75) is 9.79 Å². The van der Waals surface area contributed by atoms with Crippen LogP contribution in [0, 0.1) is 0 Å². The Bertz CT molecular complexity index is 1150. The highest BCUT2D eigenvalue weighted by molar-refractivity contribution is 7.91. The van der Waals surface area contributed by atoms with Crippen LogP contribution in [0.3, 0.4) is 0 Å². The first-order chi connectivity index (χ1) is 13.5. The summed E-state index contributed by atoms with van der Waals surface area (Å²) in [5, 5.41) is 9.89. The number of piperazine rings is 1. The van der Waals surface area contributed by atoms with Crippen LogP contribution >= 0.6 is 0 Å². The molecule has 0 radical (unpaired) electrons. The zero-order valence-corrected chi connectivity index (χ0v) is 17.7. The van der Waals surface area contributed by atoms with Gasteiger partial charge in [-0.3, -0.25) is 4.79 Å². The standard InChI is InChI=1S/C19H22N2O6S2/c1-28(24,25)14-7-8-16(18(13-14)29(2,26)27)20-9-11-21(12-10-20)19(23)15-5-3-4-6-17(15)22/h3-8,13,22H,9-12H2,1-2H3. The number of phenols is 1. The van der Waals surface area contributed by atoms with Crippen LogP contribution in [0.15, 0.2) is 52.3 Å². The lowest BCUT2D eigenvalue weighted by molar-refractivity contribution is 0.0743. The number of nitrogens with zero attached hydrogens (tertiary/aromatic N) is 2. The van der Waals surface area contributed by atoms with E-state index >= 15 is 0 Å². The van der Waals surface area contributed by atoms with Crippen LogP contribution in [0.1, 0.15) is 10.4 Å². The van der Waals surface area contributed by atoms with Gasteiger partial charge in [-0.15, -0.1) is 0 Å². The molecular formula is C19H22N2O6S2. The molecule has 0 bridgehead atoms. The topological polar surface area (TPSA) is 112 Å². The monoisotopic (exact) mass is 438 g/mol. The van der Waals surface area contributed by atoms with Crippen LogP contribution in [0.2, 0.25) is 0 Å². The predicted octanol–water partition coefficient (Wildman–Crippen LogP) is 1.16. The molecule has 1 fully saturated rings. The number of carbonyl (C=O) groups excluding carboxylic acids is 1. The number of hydrogen-bond acceptors (Lipinski definition) is 7. The Balaban J connectivity index is 1.84. The Hall–Kier alpha value is -2.59. The highest BCUT2D eigenvalue weighted by Crippen LogP contribution is 2.29. The minimum absolute atomic E-state index is 0.0547. The summed E-state index contributed by atoms with van der Waals surface area (Å²) in [6.07, 6.45) is 2.06. The maximum absolute atomic E-state index is 12.6. The fourth-order valence-electron chi connectivity index (χ4n) is 3.26. The summed E-state index contributed by atoms with van der Waals surface area (Å²) in [6.45, 7) is 1.43. The first-order valence-electron chi connectivity index (χ1n) is 8.85. The van der Waals surface area contributed by atoms with Gasteiger partial charge in [0.25, 0.3) is 5.91 Å². The van der Waals surface area contributed by atoms with Gasteiger partial charge in [-0.25, -0.2) is 16.8 Å². The Morgan fingerprint density at radius 3 is 2.07 bits per heavy atom. The van der Waals surface area contributed by atoms with E-state index in [0.29, 0.717) is 31.9 Å². The largest absolute Gasteiger partial charge is 0.507 e. The number of benzene rings is 2. The average Bonchev–Trinajstić information content (AvgIpc) is 2.66. The summed E-state index contributed by atoms with van der Waals surface area (Å²) in [7, 11) is -7.21. The van der Waals surface area contributed by atoms with E-state index < -0.39 is 19.7 Å². The van der Waals surface area contributed by atoms with Crippen molar-refractivity contribution in [2.75, 3.05) is 43.6 Å². The van der Waals surface area contributed by atoms with Crippen LogP contribution in [0.25, 0.3) is 0 Å². The van der Waals surface area contributed by atoms with E-state index in [0.717, 1.165) is 12.5 Å². The minimum atomic E-state index is -3.66. The molecule has 0 aliphatic carbocycles. The fourth-order valence-corrected chi connectivity index (χ4v) is 4.90. The van der Waals surface area contributed by atoms with Gasteiger partial charge in [-0.1, -0.05) is 12.1 Å². The summed E-state index contributed by atoms with van der Waals surface area (Å²) in [5.74, 6) is -0.380. The van der Waals surface area contributed by atoms with E-state index in [9.17, 15) is 26.7 Å². The average molecular weight is 439 g/mol. The molecule has 2 aromatic carbocycles. The second-order valence-corrected chi connectivity index (χ2v) is 11.0. The third-order valence-corrected chi connectivity index (χ3v) is 7.04. The number of carbonyl (C=O) groups is 1. The van der Waals surface area contributed by atoms with Crippen LogP contribution in [-0.2, 0) is 19.7 Å². The van der Waals surface area contributed by atoms with E-state index in [1.807, 2.05) is 4.90 Å². The Labute approximate surface area is 170 Å². The molecule has 0 atom stereocenters. The zero-order chi connectivity index (χ0) is 21.4. The lowest BCUT2D eigenvalue weighted by Gasteiger charge is -2.37. The van der Waals surface area contributed by atoms with Gasteiger partial charge in [-0.2, -0.15) is 0 Å². The molecule has 29 heavy (non-hydrogen) atoms. The van der Waals surface area contributed by atoms with Crippen molar-refractivity contribution in [3.05, 3.63) is 48.0 Å². The number of anilines is 1. The van der Waals surface area contributed by atoms with E-state index in [-0.39, 0.29) is 27.0 Å². The summed E-state index contributed by atoms with van der Waals surface area (Å²) in [6, 6.07) is 10.4. The van der Waals surface area contributed by atoms with Crippen molar-refractivity contribution < 1.29 is 26.7 Å². The summed E-state index contributed by atoms with van der Waals surface area (Å²) >= 11 is 0. The molecule has 10 heteroatoms. The number of para-hydroxylation sites is 1. The Morgan fingerprint density at radius 1 is 0.897 bits per heavy atom. The molecule has 156 valence electrons. The Kier molecular flexibility index (Phi) is 5.59. The van der Waals surface area contributed by atoms with E-state index in [2.05, 4.69) is 0 Å². The van der Waals surface area contributed by atoms with E-state index in [4.69, 9.17) is 0 Å². The first-order valence-corrected chi connectivity index (χ1v) is 12.6. The van der Waals surface area contributed by atoms with Crippen molar-refractivity contribution in [2.24, 2.45) is 0 Å². The van der Waals surface area contributed by atoms with Gasteiger partial charge in [-0.05, 0) is 30.3 Å². The molecule has 2 aromatic rings. The molecule has 1 aliphatic rings. The first kappa shape index (κ1) is 21.1. The molecule has 8 nitrogen and oxygen atoms in total.